The molecule has 2 aromatic carbocycles. The van der Waals surface area contributed by atoms with Gasteiger partial charge in [-0.2, -0.15) is 0 Å². The van der Waals surface area contributed by atoms with E-state index in [4.69, 9.17) is 0 Å². The van der Waals surface area contributed by atoms with Crippen molar-refractivity contribution in [1.29, 1.82) is 0 Å². The van der Waals surface area contributed by atoms with Gasteiger partial charge in [0.2, 0.25) is 0 Å². The minimum atomic E-state index is -0.277. The summed E-state index contributed by atoms with van der Waals surface area (Å²) in [5.41, 5.74) is 2.57. The summed E-state index contributed by atoms with van der Waals surface area (Å²) in [5.74, 6) is -0.277. The Balaban J connectivity index is 1.16. The van der Waals surface area contributed by atoms with E-state index in [2.05, 4.69) is 45.9 Å². The summed E-state index contributed by atoms with van der Waals surface area (Å²) in [5, 5.41) is 6.02. The number of halogens is 1. The maximum atomic E-state index is 13.3. The molecule has 4 unspecified atom stereocenters. The number of benzene rings is 2. The molecule has 1 aliphatic heterocycles. The van der Waals surface area contributed by atoms with Crippen LogP contribution in [0.1, 0.15) is 36.8 Å². The highest BCUT2D eigenvalue weighted by atomic mass is 19.1. The second-order valence-corrected chi connectivity index (χ2v) is 8.56. The Morgan fingerprint density at radius 2 is 1.93 bits per heavy atom. The Hall–Kier alpha value is -2.40. The van der Waals surface area contributed by atoms with Crippen LogP contribution in [0.2, 0.25) is 0 Å². The van der Waals surface area contributed by atoms with Gasteiger partial charge in [-0.15, -0.1) is 0 Å². The lowest BCUT2D eigenvalue weighted by Gasteiger charge is -2.68. The Kier molecular flexibility index (Phi) is 4.35. The van der Waals surface area contributed by atoms with Crippen molar-refractivity contribution < 1.29 is 9.18 Å². The summed E-state index contributed by atoms with van der Waals surface area (Å²) in [6, 6.07) is 18.3. The van der Waals surface area contributed by atoms with Crippen LogP contribution in [-0.4, -0.2) is 29.1 Å². The van der Waals surface area contributed by atoms with E-state index >= 15 is 0 Å². The van der Waals surface area contributed by atoms with Gasteiger partial charge in [0.1, 0.15) is 5.82 Å². The summed E-state index contributed by atoms with van der Waals surface area (Å²) in [4.78, 5) is 15.0. The van der Waals surface area contributed by atoms with E-state index in [0.717, 1.165) is 24.9 Å². The van der Waals surface area contributed by atoms with Crippen LogP contribution in [0.3, 0.4) is 0 Å². The minimum absolute atomic E-state index is 0.155. The number of hydrogen-bond donors (Lipinski definition) is 2. The molecule has 0 bridgehead atoms. The molecule has 2 saturated carbocycles. The fraction of sp³-hybridized carbons (Fsp3) is 0.435. The number of amides is 2. The van der Waals surface area contributed by atoms with Crippen LogP contribution in [0.4, 0.5) is 9.18 Å². The number of nitrogens with zero attached hydrogens (tertiary/aromatic N) is 1. The van der Waals surface area contributed by atoms with Gasteiger partial charge in [-0.25, -0.2) is 9.18 Å². The number of likely N-dealkylation sites (tertiary alicyclic amines) is 1. The normalized spacial score (nSPS) is 30.5. The van der Waals surface area contributed by atoms with Crippen molar-refractivity contribution in [3.05, 3.63) is 71.5 Å². The molecule has 3 aliphatic rings. The highest BCUT2D eigenvalue weighted by Gasteiger charge is 2.68. The van der Waals surface area contributed by atoms with Crippen LogP contribution in [0.25, 0.3) is 0 Å². The number of carbonyl (C=O) groups excluding carboxylic acids is 1. The molecule has 1 spiro atoms. The van der Waals surface area contributed by atoms with Gasteiger partial charge in [0, 0.05) is 36.6 Å². The Bertz CT molecular complexity index is 873. The van der Waals surface area contributed by atoms with Crippen LogP contribution in [-0.2, 0) is 13.1 Å². The Labute approximate surface area is 165 Å². The summed E-state index contributed by atoms with van der Waals surface area (Å²) in [6.07, 6.45) is 4.68. The molecule has 2 aromatic rings. The number of piperidine rings is 1. The van der Waals surface area contributed by atoms with Gasteiger partial charge < -0.3 is 10.6 Å². The summed E-state index contributed by atoms with van der Waals surface area (Å²) < 4.78 is 13.3. The van der Waals surface area contributed by atoms with Crippen molar-refractivity contribution in [2.75, 3.05) is 0 Å². The van der Waals surface area contributed by atoms with Crippen molar-refractivity contribution in [3.63, 3.8) is 0 Å². The fourth-order valence-corrected chi connectivity index (χ4v) is 5.74. The second kappa shape index (κ2) is 6.89. The largest absolute Gasteiger partial charge is 0.335 e. The molecule has 4 atom stereocenters. The van der Waals surface area contributed by atoms with Gasteiger partial charge in [0.15, 0.2) is 0 Å². The first kappa shape index (κ1) is 17.7. The lowest BCUT2D eigenvalue weighted by Crippen LogP contribution is -2.74. The molecule has 4 nitrogen and oxygen atoms in total. The molecule has 1 saturated heterocycles. The van der Waals surface area contributed by atoms with Crippen molar-refractivity contribution in [2.45, 2.75) is 56.9 Å². The lowest BCUT2D eigenvalue weighted by atomic mass is 9.53. The zero-order chi connectivity index (χ0) is 19.1. The van der Waals surface area contributed by atoms with Crippen LogP contribution < -0.4 is 10.6 Å². The smallest absolute Gasteiger partial charge is 0.315 e. The lowest BCUT2D eigenvalue weighted by molar-refractivity contribution is -0.193. The second-order valence-electron chi connectivity index (χ2n) is 8.56. The quantitative estimate of drug-likeness (QED) is 0.830. The SMILES string of the molecule is O=C(NCc1cccc(F)c1)NC1CC2N(Cc3ccccc3)C3CCC32C1. The fourth-order valence-electron chi connectivity index (χ4n) is 5.74. The molecule has 146 valence electrons. The minimum Gasteiger partial charge on any atom is -0.335 e. The third-order valence-corrected chi connectivity index (χ3v) is 7.03. The van der Waals surface area contributed by atoms with Gasteiger partial charge in [0.25, 0.3) is 0 Å². The maximum Gasteiger partial charge on any atom is 0.315 e. The third-order valence-electron chi connectivity index (χ3n) is 7.03. The van der Waals surface area contributed by atoms with E-state index in [1.807, 2.05) is 6.07 Å². The van der Waals surface area contributed by atoms with Crippen LogP contribution in [0, 0.1) is 11.2 Å². The van der Waals surface area contributed by atoms with Crippen molar-refractivity contribution in [2.24, 2.45) is 5.41 Å². The molecule has 2 aliphatic carbocycles. The first-order valence-electron chi connectivity index (χ1n) is 10.2. The highest BCUT2D eigenvalue weighted by Crippen LogP contribution is 2.65. The van der Waals surface area contributed by atoms with Crippen LogP contribution in [0.5, 0.6) is 0 Å². The monoisotopic (exact) mass is 379 g/mol. The molecule has 5 rings (SSSR count). The molecular weight excluding hydrogens is 353 g/mol. The standard InChI is InChI=1S/C23H26FN3O/c24-18-8-4-7-17(11-18)14-25-22(28)26-19-12-21-23(13-19)10-9-20(23)27(21)15-16-5-2-1-3-6-16/h1-8,11,19-21H,9-10,12-15H2,(H2,25,26,28). The van der Waals surface area contributed by atoms with Crippen molar-refractivity contribution in [3.8, 4) is 0 Å². The van der Waals surface area contributed by atoms with Gasteiger partial charge in [0.05, 0.1) is 0 Å². The van der Waals surface area contributed by atoms with E-state index in [1.54, 1.807) is 6.07 Å². The maximum absolute atomic E-state index is 13.3. The van der Waals surface area contributed by atoms with Gasteiger partial charge >= 0.3 is 6.03 Å². The molecule has 3 fully saturated rings. The van der Waals surface area contributed by atoms with Gasteiger partial charge in [-0.1, -0.05) is 42.5 Å². The highest BCUT2D eigenvalue weighted by molar-refractivity contribution is 5.74. The predicted molar refractivity (Wildman–Crippen MR) is 106 cm³/mol. The number of rotatable bonds is 5. The Morgan fingerprint density at radius 3 is 2.68 bits per heavy atom. The average Bonchev–Trinajstić information content (AvgIpc) is 3.05. The zero-order valence-corrected chi connectivity index (χ0v) is 15.9. The van der Waals surface area contributed by atoms with E-state index < -0.39 is 0 Å². The van der Waals surface area contributed by atoms with Crippen LogP contribution >= 0.6 is 0 Å². The molecule has 5 heteroatoms. The van der Waals surface area contributed by atoms with Crippen molar-refractivity contribution >= 4 is 6.03 Å². The van der Waals surface area contributed by atoms with E-state index in [9.17, 15) is 9.18 Å². The number of hydrogen-bond acceptors (Lipinski definition) is 2. The summed E-state index contributed by atoms with van der Waals surface area (Å²) in [6.45, 7) is 1.35. The van der Waals surface area contributed by atoms with Gasteiger partial charge in [-0.3, -0.25) is 4.90 Å². The molecule has 2 N–H and O–H groups in total. The Morgan fingerprint density at radius 1 is 1.11 bits per heavy atom. The summed E-state index contributed by atoms with van der Waals surface area (Å²) in [7, 11) is 0. The molecular formula is C23H26FN3O. The molecule has 0 aromatic heterocycles. The first-order chi connectivity index (χ1) is 13.6. The summed E-state index contributed by atoms with van der Waals surface area (Å²) >= 11 is 0. The first-order valence-corrected chi connectivity index (χ1v) is 10.2. The molecule has 2 amide bonds. The third kappa shape index (κ3) is 2.98. The number of carbonyl (C=O) groups is 1. The topological polar surface area (TPSA) is 44.4 Å². The van der Waals surface area contributed by atoms with Crippen LogP contribution in [0.15, 0.2) is 54.6 Å². The van der Waals surface area contributed by atoms with E-state index in [-0.39, 0.29) is 17.9 Å². The van der Waals surface area contributed by atoms with E-state index in [1.165, 1.54) is 30.5 Å². The zero-order valence-electron chi connectivity index (χ0n) is 15.9. The molecule has 28 heavy (non-hydrogen) atoms. The molecule has 1 heterocycles. The average molecular weight is 379 g/mol. The van der Waals surface area contributed by atoms with E-state index in [0.29, 0.717) is 24.0 Å². The van der Waals surface area contributed by atoms with Crippen molar-refractivity contribution in [1.82, 2.24) is 15.5 Å². The number of urea groups is 1. The number of nitrogens with one attached hydrogen (secondary N) is 2. The van der Waals surface area contributed by atoms with Gasteiger partial charge in [-0.05, 0) is 48.9 Å². The molecule has 0 radical (unpaired) electrons. The predicted octanol–water partition coefficient (Wildman–Crippen LogP) is 3.82.